The van der Waals surface area contributed by atoms with Crippen LogP contribution < -0.4 is 20.1 Å². The standard InChI is InChI=1S/C14H11BrN2O4/c1-3-4-21-12-9(15)5-8(7-11(12)20-2)6-10-13(18)17-14(19)16-10/h1,5-7H,4H2,2H3,(H2,16,17,18,19). The van der Waals surface area contributed by atoms with Gasteiger partial charge in [0, 0.05) is 0 Å². The summed E-state index contributed by atoms with van der Waals surface area (Å²) in [6.45, 7) is 0.105. The average Bonchev–Trinajstić information content (AvgIpc) is 2.75. The highest BCUT2D eigenvalue weighted by Gasteiger charge is 2.23. The summed E-state index contributed by atoms with van der Waals surface area (Å²) in [5.74, 6) is 2.81. The molecule has 6 nitrogen and oxygen atoms in total. The van der Waals surface area contributed by atoms with Gasteiger partial charge in [0.15, 0.2) is 11.5 Å². The molecule has 1 aliphatic heterocycles. The van der Waals surface area contributed by atoms with Crippen LogP contribution in [0.3, 0.4) is 0 Å². The first-order valence-corrected chi connectivity index (χ1v) is 6.62. The van der Waals surface area contributed by atoms with Crippen LogP contribution in [0.2, 0.25) is 0 Å². The van der Waals surface area contributed by atoms with Crippen molar-refractivity contribution in [3.8, 4) is 23.8 Å². The van der Waals surface area contributed by atoms with E-state index in [1.165, 1.54) is 13.2 Å². The molecular formula is C14H11BrN2O4. The van der Waals surface area contributed by atoms with E-state index in [9.17, 15) is 9.59 Å². The highest BCUT2D eigenvalue weighted by Crippen LogP contribution is 2.37. The zero-order valence-corrected chi connectivity index (χ0v) is 12.6. The first-order chi connectivity index (χ1) is 10.0. The molecule has 2 rings (SSSR count). The van der Waals surface area contributed by atoms with Crippen LogP contribution in [0.15, 0.2) is 22.3 Å². The number of carbonyl (C=O) groups is 2. The van der Waals surface area contributed by atoms with Gasteiger partial charge in [0.05, 0.1) is 11.6 Å². The smallest absolute Gasteiger partial charge is 0.326 e. The molecule has 1 heterocycles. The molecule has 21 heavy (non-hydrogen) atoms. The van der Waals surface area contributed by atoms with Crippen LogP contribution in [0.25, 0.3) is 6.08 Å². The Morgan fingerprint density at radius 3 is 2.71 bits per heavy atom. The zero-order chi connectivity index (χ0) is 15.4. The van der Waals surface area contributed by atoms with Crippen molar-refractivity contribution in [1.82, 2.24) is 10.6 Å². The van der Waals surface area contributed by atoms with E-state index >= 15 is 0 Å². The summed E-state index contributed by atoms with van der Waals surface area (Å²) in [4.78, 5) is 22.5. The average molecular weight is 351 g/mol. The fourth-order valence-electron chi connectivity index (χ4n) is 1.73. The number of hydrogen-bond acceptors (Lipinski definition) is 4. The summed E-state index contributed by atoms with van der Waals surface area (Å²) >= 11 is 3.35. The predicted octanol–water partition coefficient (Wildman–Crippen LogP) is 1.65. The maximum absolute atomic E-state index is 11.5. The summed E-state index contributed by atoms with van der Waals surface area (Å²) in [7, 11) is 1.49. The van der Waals surface area contributed by atoms with E-state index in [1.54, 1.807) is 12.1 Å². The van der Waals surface area contributed by atoms with Crippen LogP contribution in [0.4, 0.5) is 4.79 Å². The number of benzene rings is 1. The van der Waals surface area contributed by atoms with Crippen molar-refractivity contribution in [3.05, 3.63) is 27.9 Å². The molecule has 0 unspecified atom stereocenters. The van der Waals surface area contributed by atoms with Crippen molar-refractivity contribution in [2.45, 2.75) is 0 Å². The van der Waals surface area contributed by atoms with Crippen molar-refractivity contribution in [1.29, 1.82) is 0 Å². The molecule has 2 N–H and O–H groups in total. The van der Waals surface area contributed by atoms with Crippen molar-refractivity contribution in [2.24, 2.45) is 0 Å². The van der Waals surface area contributed by atoms with Gasteiger partial charge in [-0.25, -0.2) is 4.79 Å². The highest BCUT2D eigenvalue weighted by atomic mass is 79.9. The lowest BCUT2D eigenvalue weighted by atomic mass is 10.1. The lowest BCUT2D eigenvalue weighted by Gasteiger charge is -2.12. The first kappa shape index (κ1) is 14.9. The number of amides is 3. The van der Waals surface area contributed by atoms with Crippen molar-refractivity contribution >= 4 is 33.9 Å². The maximum atomic E-state index is 11.5. The number of imide groups is 1. The molecule has 1 saturated heterocycles. The molecule has 0 aromatic heterocycles. The minimum Gasteiger partial charge on any atom is -0.493 e. The number of halogens is 1. The van der Waals surface area contributed by atoms with Crippen LogP contribution in [-0.2, 0) is 4.79 Å². The molecule has 1 fully saturated rings. The van der Waals surface area contributed by atoms with Gasteiger partial charge in [-0.15, -0.1) is 6.42 Å². The lowest BCUT2D eigenvalue weighted by Crippen LogP contribution is -2.22. The zero-order valence-electron chi connectivity index (χ0n) is 11.0. The number of urea groups is 1. The molecule has 0 aliphatic carbocycles. The van der Waals surface area contributed by atoms with E-state index in [-0.39, 0.29) is 12.3 Å². The molecule has 7 heteroatoms. The van der Waals surface area contributed by atoms with Crippen LogP contribution in [0.5, 0.6) is 11.5 Å². The number of nitrogens with one attached hydrogen (secondary N) is 2. The SMILES string of the molecule is C#CCOc1c(Br)cc(C=C2NC(=O)NC2=O)cc1OC. The van der Waals surface area contributed by atoms with Gasteiger partial charge in [-0.1, -0.05) is 5.92 Å². The lowest BCUT2D eigenvalue weighted by molar-refractivity contribution is -0.115. The van der Waals surface area contributed by atoms with Gasteiger partial charge in [-0.3, -0.25) is 10.1 Å². The van der Waals surface area contributed by atoms with E-state index < -0.39 is 11.9 Å². The number of ether oxygens (including phenoxy) is 2. The predicted molar refractivity (Wildman–Crippen MR) is 79.7 cm³/mol. The van der Waals surface area contributed by atoms with Gasteiger partial charge in [0.25, 0.3) is 5.91 Å². The molecule has 1 aromatic rings. The van der Waals surface area contributed by atoms with E-state index in [2.05, 4.69) is 32.5 Å². The second-order valence-electron chi connectivity index (χ2n) is 3.99. The summed E-state index contributed by atoms with van der Waals surface area (Å²) in [6.07, 6.45) is 6.69. The van der Waals surface area contributed by atoms with Crippen LogP contribution in [0.1, 0.15) is 5.56 Å². The minimum absolute atomic E-state index is 0.105. The summed E-state index contributed by atoms with van der Waals surface area (Å²) in [5, 5.41) is 4.53. The molecule has 0 spiro atoms. The Morgan fingerprint density at radius 2 is 2.14 bits per heavy atom. The minimum atomic E-state index is -0.550. The largest absolute Gasteiger partial charge is 0.493 e. The Hall–Kier alpha value is -2.46. The third-order valence-corrected chi connectivity index (χ3v) is 3.17. The van der Waals surface area contributed by atoms with Crippen LogP contribution in [-0.4, -0.2) is 25.7 Å². The molecule has 108 valence electrons. The molecule has 1 aromatic carbocycles. The van der Waals surface area contributed by atoms with Crippen molar-refractivity contribution < 1.29 is 19.1 Å². The Kier molecular flexibility index (Phi) is 4.50. The highest BCUT2D eigenvalue weighted by molar-refractivity contribution is 9.10. The van der Waals surface area contributed by atoms with Crippen LogP contribution >= 0.6 is 15.9 Å². The second-order valence-corrected chi connectivity index (χ2v) is 4.85. The molecule has 0 bridgehead atoms. The number of hydrogen-bond donors (Lipinski definition) is 2. The molecule has 1 aliphatic rings. The van der Waals surface area contributed by atoms with Gasteiger partial charge in [-0.2, -0.15) is 0 Å². The summed E-state index contributed by atoms with van der Waals surface area (Å²) < 4.78 is 11.2. The Balaban J connectivity index is 2.37. The number of carbonyl (C=O) groups excluding carboxylic acids is 2. The van der Waals surface area contributed by atoms with E-state index in [0.29, 0.717) is 21.5 Å². The third kappa shape index (κ3) is 3.35. The Morgan fingerprint density at radius 1 is 1.38 bits per heavy atom. The maximum Gasteiger partial charge on any atom is 0.326 e. The van der Waals surface area contributed by atoms with Crippen LogP contribution in [0, 0.1) is 12.3 Å². The van der Waals surface area contributed by atoms with Crippen molar-refractivity contribution in [3.63, 3.8) is 0 Å². The third-order valence-electron chi connectivity index (χ3n) is 2.58. The fraction of sp³-hybridized carbons (Fsp3) is 0.143. The number of terminal acetylenes is 1. The summed E-state index contributed by atoms with van der Waals surface area (Å²) in [6, 6.07) is 2.84. The molecule has 0 saturated carbocycles. The first-order valence-electron chi connectivity index (χ1n) is 5.83. The summed E-state index contributed by atoms with van der Waals surface area (Å²) in [5.41, 5.74) is 0.811. The topological polar surface area (TPSA) is 76.7 Å². The van der Waals surface area contributed by atoms with E-state index in [1.807, 2.05) is 0 Å². The molecular weight excluding hydrogens is 340 g/mol. The quantitative estimate of drug-likeness (QED) is 0.491. The van der Waals surface area contributed by atoms with E-state index in [4.69, 9.17) is 15.9 Å². The van der Waals surface area contributed by atoms with E-state index in [0.717, 1.165) is 0 Å². The Labute approximate surface area is 129 Å². The second kappa shape index (κ2) is 6.33. The van der Waals surface area contributed by atoms with Gasteiger partial charge in [-0.05, 0) is 39.7 Å². The number of methoxy groups -OCH3 is 1. The molecule has 3 amide bonds. The molecule has 0 radical (unpaired) electrons. The van der Waals surface area contributed by atoms with Gasteiger partial charge >= 0.3 is 6.03 Å². The van der Waals surface area contributed by atoms with Gasteiger partial charge < -0.3 is 14.8 Å². The van der Waals surface area contributed by atoms with Gasteiger partial charge in [0.2, 0.25) is 0 Å². The monoisotopic (exact) mass is 350 g/mol. The molecule has 0 atom stereocenters. The number of rotatable bonds is 4. The van der Waals surface area contributed by atoms with Crippen molar-refractivity contribution in [2.75, 3.05) is 13.7 Å². The normalized spacial score (nSPS) is 15.4. The Bertz CT molecular complexity index is 676. The fourth-order valence-corrected chi connectivity index (χ4v) is 2.30. The van der Waals surface area contributed by atoms with Gasteiger partial charge in [0.1, 0.15) is 12.3 Å².